The highest BCUT2D eigenvalue weighted by Crippen LogP contribution is 2.55. The van der Waals surface area contributed by atoms with Gasteiger partial charge in [-0.3, -0.25) is 0 Å². The van der Waals surface area contributed by atoms with Crippen LogP contribution in [-0.2, 0) is 29.7 Å². The van der Waals surface area contributed by atoms with Gasteiger partial charge in [-0.1, -0.05) is 72.4 Å². The van der Waals surface area contributed by atoms with Crippen molar-refractivity contribution in [2.24, 2.45) is 24.8 Å². The predicted molar refractivity (Wildman–Crippen MR) is 186 cm³/mol. The van der Waals surface area contributed by atoms with E-state index < -0.39 is 6.29 Å². The average Bonchev–Trinajstić information content (AvgIpc) is 3.53. The molecule has 3 aromatic carbocycles. The van der Waals surface area contributed by atoms with Crippen molar-refractivity contribution in [3.63, 3.8) is 0 Å². The first-order valence-corrected chi connectivity index (χ1v) is 18.5. The van der Waals surface area contributed by atoms with Crippen LogP contribution in [0.25, 0.3) is 11.1 Å². The maximum absolute atomic E-state index is 13.1. The van der Waals surface area contributed by atoms with Crippen molar-refractivity contribution in [1.29, 1.82) is 0 Å². The first kappa shape index (κ1) is 32.4. The lowest BCUT2D eigenvalue weighted by atomic mass is 9.53. The molecule has 1 aliphatic heterocycles. The lowest BCUT2D eigenvalue weighted by Crippen LogP contribution is -2.61. The van der Waals surface area contributed by atoms with E-state index in [9.17, 15) is 9.90 Å². The predicted octanol–water partition coefficient (Wildman–Crippen LogP) is 6.48. The van der Waals surface area contributed by atoms with E-state index in [0.717, 1.165) is 75.6 Å². The summed E-state index contributed by atoms with van der Waals surface area (Å²) >= 11 is 1.56. The third kappa shape index (κ3) is 7.26. The molecule has 4 saturated carbocycles. The molecular formula is C38H44N6O4S. The number of rotatable bonds is 10. The Hall–Kier alpha value is -3.77. The normalized spacial score (nSPS) is 28.8. The number of tetrazole rings is 1. The van der Waals surface area contributed by atoms with Crippen LogP contribution in [0.15, 0.2) is 78.0 Å². The summed E-state index contributed by atoms with van der Waals surface area (Å²) in [5.74, 6) is 3.04. The standard InChI is InChI=1S/C38H44N6O4S/c1-44-37(41-42-43-44)49-23-33-17-34(29-10-8-24(22-45)9-11-29)48-35(47-33)32-7-3-6-31(16-32)30-5-2-4-25(15-30)21-39-36(46)40-38-18-26-12-27(19-38)14-28(13-26)20-38/h2-11,15-16,26-28,33-35,45H,12-14,17-23H2,1H3,(H2,39,40,46)/t26?,27?,28?,33-,34+,35+,38?/m0/s1. The number of aliphatic hydroxyl groups excluding tert-OH is 1. The van der Waals surface area contributed by atoms with Gasteiger partial charge in [-0.05, 0) is 107 Å². The van der Waals surface area contributed by atoms with Crippen molar-refractivity contribution < 1.29 is 19.4 Å². The van der Waals surface area contributed by atoms with E-state index in [1.165, 1.54) is 19.3 Å². The van der Waals surface area contributed by atoms with Gasteiger partial charge in [0.05, 0.1) is 18.8 Å². The van der Waals surface area contributed by atoms with Crippen LogP contribution >= 0.6 is 11.8 Å². The fraction of sp³-hybridized carbons (Fsp3) is 0.474. The van der Waals surface area contributed by atoms with Gasteiger partial charge in [-0.2, -0.15) is 0 Å². The molecule has 0 radical (unpaired) electrons. The van der Waals surface area contributed by atoms with E-state index in [1.807, 2.05) is 49.5 Å². The molecule has 5 aliphatic rings. The second-order valence-electron chi connectivity index (χ2n) is 14.6. The number of aliphatic hydroxyl groups is 1. The van der Waals surface area contributed by atoms with Crippen molar-refractivity contribution >= 4 is 17.8 Å². The number of aryl methyl sites for hydroxylation is 1. The number of ether oxygens (including phenoxy) is 2. The van der Waals surface area contributed by atoms with E-state index >= 15 is 0 Å². The summed E-state index contributed by atoms with van der Waals surface area (Å²) in [6.45, 7) is 0.472. The molecule has 4 aromatic rings. The van der Waals surface area contributed by atoms with Gasteiger partial charge >= 0.3 is 6.03 Å². The molecule has 3 N–H and O–H groups in total. The van der Waals surface area contributed by atoms with Gasteiger partial charge in [0.25, 0.3) is 0 Å². The van der Waals surface area contributed by atoms with Gasteiger partial charge < -0.3 is 25.2 Å². The zero-order valence-electron chi connectivity index (χ0n) is 27.8. The molecule has 10 nitrogen and oxygen atoms in total. The van der Waals surface area contributed by atoms with Crippen molar-refractivity contribution in [2.75, 3.05) is 5.75 Å². The summed E-state index contributed by atoms with van der Waals surface area (Å²) in [5, 5.41) is 28.7. The fourth-order valence-electron chi connectivity index (χ4n) is 8.99. The van der Waals surface area contributed by atoms with Crippen molar-refractivity contribution in [3.05, 3.63) is 95.1 Å². The Morgan fingerprint density at radius 2 is 1.61 bits per heavy atom. The van der Waals surface area contributed by atoms with Crippen LogP contribution in [-0.4, -0.2) is 48.7 Å². The molecule has 0 unspecified atom stereocenters. The Bertz CT molecular complexity index is 1740. The number of carbonyl (C=O) groups excluding carboxylic acids is 1. The van der Waals surface area contributed by atoms with Gasteiger partial charge in [-0.25, -0.2) is 9.48 Å². The number of nitrogens with one attached hydrogen (secondary N) is 2. The van der Waals surface area contributed by atoms with Crippen LogP contribution in [0.1, 0.15) is 79.6 Å². The van der Waals surface area contributed by atoms with Gasteiger partial charge in [0.1, 0.15) is 0 Å². The minimum absolute atomic E-state index is 0.00162. The Kier molecular flexibility index (Phi) is 9.17. The topological polar surface area (TPSA) is 123 Å². The number of nitrogens with zero attached hydrogens (tertiary/aromatic N) is 4. The zero-order chi connectivity index (χ0) is 33.4. The van der Waals surface area contributed by atoms with Crippen molar-refractivity contribution in [1.82, 2.24) is 30.8 Å². The number of benzene rings is 3. The summed E-state index contributed by atoms with van der Waals surface area (Å²) < 4.78 is 14.8. The molecule has 2 heterocycles. The van der Waals surface area contributed by atoms with Crippen LogP contribution in [0.3, 0.4) is 0 Å². The first-order valence-electron chi connectivity index (χ1n) is 17.5. The molecule has 1 saturated heterocycles. The van der Waals surface area contributed by atoms with E-state index in [4.69, 9.17) is 9.47 Å². The number of hydrogen-bond donors (Lipinski definition) is 3. The number of aromatic nitrogens is 4. The van der Waals surface area contributed by atoms with Gasteiger partial charge in [0, 0.05) is 36.9 Å². The Morgan fingerprint density at radius 1 is 0.898 bits per heavy atom. The SMILES string of the molecule is Cn1nnnc1SC[C@@H]1C[C@H](c2ccc(CO)cc2)O[C@H](c2cccc(-c3cccc(CNC(=O)NC45CC6CC(CC(C6)C4)C5)c3)c2)O1. The fourth-order valence-corrected chi connectivity index (χ4v) is 9.86. The Labute approximate surface area is 291 Å². The third-order valence-corrected chi connectivity index (χ3v) is 12.0. The molecule has 3 atom stereocenters. The Morgan fingerprint density at radius 3 is 2.31 bits per heavy atom. The highest BCUT2D eigenvalue weighted by molar-refractivity contribution is 7.99. The number of hydrogen-bond acceptors (Lipinski definition) is 8. The summed E-state index contributed by atoms with van der Waals surface area (Å²) in [4.78, 5) is 13.1. The lowest BCUT2D eigenvalue weighted by molar-refractivity contribution is -0.245. The molecule has 5 fully saturated rings. The molecule has 49 heavy (non-hydrogen) atoms. The third-order valence-electron chi connectivity index (χ3n) is 10.9. The van der Waals surface area contributed by atoms with E-state index in [1.54, 1.807) is 16.4 Å². The zero-order valence-corrected chi connectivity index (χ0v) is 28.6. The number of thioether (sulfide) groups is 1. The number of amides is 2. The summed E-state index contributed by atoms with van der Waals surface area (Å²) in [6, 6.07) is 24.5. The van der Waals surface area contributed by atoms with Crippen molar-refractivity contribution in [2.45, 2.75) is 87.3 Å². The molecule has 1 aromatic heterocycles. The van der Waals surface area contributed by atoms with Gasteiger partial charge in [0.2, 0.25) is 5.16 Å². The monoisotopic (exact) mass is 680 g/mol. The van der Waals surface area contributed by atoms with Crippen LogP contribution in [0.4, 0.5) is 4.79 Å². The van der Waals surface area contributed by atoms with Gasteiger partial charge in [0.15, 0.2) is 6.29 Å². The smallest absolute Gasteiger partial charge is 0.315 e. The highest BCUT2D eigenvalue weighted by atomic mass is 32.2. The minimum atomic E-state index is -0.572. The first-order chi connectivity index (χ1) is 23.9. The molecule has 4 aliphatic carbocycles. The molecule has 2 amide bonds. The van der Waals surface area contributed by atoms with Crippen LogP contribution in [0.5, 0.6) is 0 Å². The van der Waals surface area contributed by atoms with E-state index in [2.05, 4.69) is 56.5 Å². The van der Waals surface area contributed by atoms with Gasteiger partial charge in [-0.15, -0.1) is 5.10 Å². The molecule has 4 bridgehead atoms. The summed E-state index contributed by atoms with van der Waals surface area (Å²) in [6.07, 6.45) is 7.31. The highest BCUT2D eigenvalue weighted by Gasteiger charge is 2.51. The number of urea groups is 1. The molecule has 256 valence electrons. The average molecular weight is 681 g/mol. The van der Waals surface area contributed by atoms with Crippen LogP contribution < -0.4 is 10.6 Å². The molecular weight excluding hydrogens is 637 g/mol. The van der Waals surface area contributed by atoms with Crippen molar-refractivity contribution in [3.8, 4) is 11.1 Å². The quantitative estimate of drug-likeness (QED) is 0.163. The Balaban J connectivity index is 0.952. The largest absolute Gasteiger partial charge is 0.392 e. The van der Waals surface area contributed by atoms with Crippen LogP contribution in [0.2, 0.25) is 0 Å². The molecule has 9 rings (SSSR count). The summed E-state index contributed by atoms with van der Waals surface area (Å²) in [5.41, 5.74) is 6.01. The number of carbonyl (C=O) groups is 1. The lowest BCUT2D eigenvalue weighted by Gasteiger charge is -2.56. The van der Waals surface area contributed by atoms with E-state index in [-0.39, 0.29) is 30.4 Å². The maximum atomic E-state index is 13.1. The van der Waals surface area contributed by atoms with Crippen LogP contribution in [0, 0.1) is 17.8 Å². The van der Waals surface area contributed by atoms with E-state index in [0.29, 0.717) is 18.7 Å². The second kappa shape index (κ2) is 13.9. The maximum Gasteiger partial charge on any atom is 0.315 e. The summed E-state index contributed by atoms with van der Waals surface area (Å²) in [7, 11) is 1.83. The molecule has 0 spiro atoms. The minimum Gasteiger partial charge on any atom is -0.392 e. The molecule has 11 heteroatoms. The second-order valence-corrected chi connectivity index (χ2v) is 15.6.